The molecule has 3 aromatic heterocycles. The van der Waals surface area contributed by atoms with E-state index in [1.54, 1.807) is 23.3 Å². The molecule has 0 bridgehead atoms. The number of rotatable bonds is 5. The number of carbonyl (C=O) groups is 1. The van der Waals surface area contributed by atoms with Crippen molar-refractivity contribution < 1.29 is 4.79 Å². The van der Waals surface area contributed by atoms with Crippen LogP contribution < -0.4 is 4.31 Å². The van der Waals surface area contributed by atoms with Gasteiger partial charge in [0.05, 0.1) is 21.8 Å². The fraction of sp³-hybridized carbons (Fsp3) is 0.0588. The minimum Gasteiger partial charge on any atom is -0.351 e. The van der Waals surface area contributed by atoms with Crippen molar-refractivity contribution in [3.05, 3.63) is 52.2 Å². The first-order valence-electron chi connectivity index (χ1n) is 7.22. The largest absolute Gasteiger partial charge is 0.351 e. The molecule has 0 unspecified atom stereocenters. The van der Waals surface area contributed by atoms with Gasteiger partial charge in [0.15, 0.2) is 6.29 Å². The van der Waals surface area contributed by atoms with Gasteiger partial charge in [-0.05, 0) is 35.5 Å². The van der Waals surface area contributed by atoms with Gasteiger partial charge in [-0.15, -0.1) is 22.7 Å². The first-order valence-corrected chi connectivity index (χ1v) is 9.75. The van der Waals surface area contributed by atoms with Crippen LogP contribution in [0.2, 0.25) is 0 Å². The molecule has 1 N–H and O–H groups in total. The predicted molar refractivity (Wildman–Crippen MR) is 103 cm³/mol. The van der Waals surface area contributed by atoms with Crippen LogP contribution in [-0.4, -0.2) is 23.3 Å². The zero-order valence-corrected chi connectivity index (χ0v) is 15.2. The van der Waals surface area contributed by atoms with Crippen molar-refractivity contribution >= 4 is 57.5 Å². The molecule has 0 spiro atoms. The molecule has 0 amide bonds. The van der Waals surface area contributed by atoms with E-state index in [-0.39, 0.29) is 0 Å². The molecule has 7 heteroatoms. The molecule has 0 fully saturated rings. The number of H-pyrrole nitrogens is 1. The highest BCUT2D eigenvalue weighted by atomic mass is 32.2. The maximum absolute atomic E-state index is 11.1. The second-order valence-corrected chi connectivity index (χ2v) is 8.13. The number of hydrogen-bond donors (Lipinski definition) is 1. The van der Waals surface area contributed by atoms with Crippen LogP contribution in [0.1, 0.15) is 9.67 Å². The van der Waals surface area contributed by atoms with Gasteiger partial charge in [0, 0.05) is 28.9 Å². The molecule has 0 aliphatic carbocycles. The van der Waals surface area contributed by atoms with E-state index >= 15 is 0 Å². The van der Waals surface area contributed by atoms with Crippen molar-refractivity contribution in [3.8, 4) is 10.7 Å². The lowest BCUT2D eigenvalue weighted by Crippen LogP contribution is -2.06. The molecular weight excluding hydrogens is 358 g/mol. The lowest BCUT2D eigenvalue weighted by molar-refractivity contribution is 0.112. The van der Waals surface area contributed by atoms with Crippen LogP contribution in [0.4, 0.5) is 5.69 Å². The molecule has 4 aromatic rings. The number of hydrogen-bond acceptors (Lipinski definition) is 6. The normalized spacial score (nSPS) is 11.0. The van der Waals surface area contributed by atoms with Gasteiger partial charge in [0.25, 0.3) is 0 Å². The minimum absolute atomic E-state index is 0.758. The Kier molecular flexibility index (Phi) is 4.13. The average molecular weight is 372 g/mol. The summed E-state index contributed by atoms with van der Waals surface area (Å²) in [6.07, 6.45) is 2.72. The Morgan fingerprint density at radius 3 is 2.96 bits per heavy atom. The lowest BCUT2D eigenvalue weighted by atomic mass is 10.2. The van der Waals surface area contributed by atoms with E-state index in [0.29, 0.717) is 0 Å². The van der Waals surface area contributed by atoms with E-state index in [0.717, 1.165) is 43.4 Å². The van der Waals surface area contributed by atoms with Crippen LogP contribution in [-0.2, 0) is 0 Å². The van der Waals surface area contributed by atoms with Crippen molar-refractivity contribution in [1.29, 1.82) is 0 Å². The molecule has 4 rings (SSSR count). The predicted octanol–water partition coefficient (Wildman–Crippen LogP) is 5.31. The first-order chi connectivity index (χ1) is 11.8. The van der Waals surface area contributed by atoms with Gasteiger partial charge >= 0.3 is 0 Å². The van der Waals surface area contributed by atoms with Crippen LogP contribution >= 0.6 is 34.6 Å². The summed E-state index contributed by atoms with van der Waals surface area (Å²) in [6, 6.07) is 10.3. The van der Waals surface area contributed by atoms with Crippen LogP contribution in [0.5, 0.6) is 0 Å². The van der Waals surface area contributed by atoms with Gasteiger partial charge in [0.2, 0.25) is 0 Å². The third kappa shape index (κ3) is 2.75. The summed E-state index contributed by atoms with van der Waals surface area (Å²) in [5, 5.41) is 6.04. The number of anilines is 1. The number of para-hydroxylation sites is 1. The van der Waals surface area contributed by atoms with E-state index < -0.39 is 0 Å². The Labute approximate surface area is 151 Å². The lowest BCUT2D eigenvalue weighted by Gasteiger charge is -2.18. The maximum Gasteiger partial charge on any atom is 0.161 e. The van der Waals surface area contributed by atoms with Gasteiger partial charge < -0.3 is 9.29 Å². The number of thiazole rings is 1. The van der Waals surface area contributed by atoms with E-state index in [2.05, 4.69) is 32.5 Å². The summed E-state index contributed by atoms with van der Waals surface area (Å²) < 4.78 is 2.08. The molecule has 120 valence electrons. The molecule has 0 atom stereocenters. The highest BCUT2D eigenvalue weighted by molar-refractivity contribution is 8.00. The number of nitrogens with one attached hydrogen (secondary N) is 1. The molecule has 0 radical (unpaired) electrons. The van der Waals surface area contributed by atoms with Crippen molar-refractivity contribution in [2.24, 2.45) is 0 Å². The van der Waals surface area contributed by atoms with Gasteiger partial charge in [0.1, 0.15) is 5.01 Å². The Bertz CT molecular complexity index is 988. The second-order valence-electron chi connectivity index (χ2n) is 5.12. The van der Waals surface area contributed by atoms with Crippen LogP contribution in [0.3, 0.4) is 0 Å². The van der Waals surface area contributed by atoms with E-state index in [9.17, 15) is 4.79 Å². The van der Waals surface area contributed by atoms with Gasteiger partial charge in [-0.2, -0.15) is 0 Å². The van der Waals surface area contributed by atoms with Crippen molar-refractivity contribution in [2.75, 3.05) is 11.4 Å². The molecule has 4 nitrogen and oxygen atoms in total. The van der Waals surface area contributed by atoms with Crippen molar-refractivity contribution in [3.63, 3.8) is 0 Å². The van der Waals surface area contributed by atoms with Crippen LogP contribution in [0.15, 0.2) is 52.2 Å². The zero-order chi connectivity index (χ0) is 16.5. The highest BCUT2D eigenvalue weighted by Gasteiger charge is 2.14. The third-order valence-corrected chi connectivity index (χ3v) is 6.44. The van der Waals surface area contributed by atoms with E-state index in [1.807, 2.05) is 36.1 Å². The summed E-state index contributed by atoms with van der Waals surface area (Å²) >= 11 is 4.63. The molecule has 0 saturated heterocycles. The number of fused-ring (bicyclic) bond motifs is 1. The van der Waals surface area contributed by atoms with Crippen molar-refractivity contribution in [1.82, 2.24) is 9.97 Å². The number of aldehydes is 1. The molecule has 0 saturated carbocycles. The smallest absolute Gasteiger partial charge is 0.161 e. The van der Waals surface area contributed by atoms with Gasteiger partial charge in [-0.3, -0.25) is 4.79 Å². The average Bonchev–Trinajstić information content (AvgIpc) is 3.33. The van der Waals surface area contributed by atoms with Gasteiger partial charge in [-0.25, -0.2) is 4.98 Å². The Morgan fingerprint density at radius 2 is 2.17 bits per heavy atom. The zero-order valence-electron chi connectivity index (χ0n) is 12.7. The minimum atomic E-state index is 0.758. The van der Waals surface area contributed by atoms with Crippen LogP contribution in [0, 0.1) is 0 Å². The highest BCUT2D eigenvalue weighted by Crippen LogP contribution is 2.36. The summed E-state index contributed by atoms with van der Waals surface area (Å²) in [5.74, 6) is 0. The van der Waals surface area contributed by atoms with Gasteiger partial charge in [-0.1, -0.05) is 12.1 Å². The molecule has 0 aliphatic heterocycles. The summed E-state index contributed by atoms with van der Waals surface area (Å²) in [7, 11) is 2.01. The summed E-state index contributed by atoms with van der Waals surface area (Å²) in [5.41, 5.74) is 3.17. The fourth-order valence-corrected chi connectivity index (χ4v) is 4.90. The molecular formula is C17H13N3OS3. The molecule has 1 aromatic carbocycles. The number of nitrogens with zero attached hydrogens (tertiary/aromatic N) is 2. The monoisotopic (exact) mass is 371 g/mol. The maximum atomic E-state index is 11.1. The number of aromatic nitrogens is 2. The standard InChI is InChI=1S/C17H13N3OS3/c1-20(24-14-5-7-22-15(14)10-21)13-4-2-3-11-9-12(19-16(11)13)17-18-6-8-23-17/h2-10,19H,1H3. The third-order valence-electron chi connectivity index (χ3n) is 3.64. The number of benzene rings is 1. The van der Waals surface area contributed by atoms with Crippen molar-refractivity contribution in [2.45, 2.75) is 4.90 Å². The van der Waals surface area contributed by atoms with E-state index in [4.69, 9.17) is 0 Å². The van der Waals surface area contributed by atoms with E-state index in [1.165, 1.54) is 11.3 Å². The SMILES string of the molecule is CN(Sc1ccsc1C=O)c1cccc2cc(-c3nccs3)[nH]c12. The Hall–Kier alpha value is -2.09. The Balaban J connectivity index is 1.72. The summed E-state index contributed by atoms with van der Waals surface area (Å²) in [6.45, 7) is 0. The molecule has 24 heavy (non-hydrogen) atoms. The fourth-order valence-electron chi connectivity index (χ4n) is 2.54. The topological polar surface area (TPSA) is 49.0 Å². The molecule has 3 heterocycles. The number of thiophene rings is 1. The number of carbonyl (C=O) groups excluding carboxylic acids is 1. The molecule has 0 aliphatic rings. The van der Waals surface area contributed by atoms with Crippen LogP contribution in [0.25, 0.3) is 21.6 Å². The number of aromatic amines is 1. The summed E-state index contributed by atoms with van der Waals surface area (Å²) in [4.78, 5) is 20.7. The second kappa shape index (κ2) is 6.43. The Morgan fingerprint density at radius 1 is 1.25 bits per heavy atom. The quantitative estimate of drug-likeness (QED) is 0.381. The first kappa shape index (κ1) is 15.4.